The Labute approximate surface area is 91.4 Å². The summed E-state index contributed by atoms with van der Waals surface area (Å²) >= 11 is 0. The van der Waals surface area contributed by atoms with E-state index in [9.17, 15) is 14.3 Å². The molecule has 0 bridgehead atoms. The summed E-state index contributed by atoms with van der Waals surface area (Å²) in [6, 6.07) is 2.61. The van der Waals surface area contributed by atoms with Crippen LogP contribution in [0.3, 0.4) is 0 Å². The number of ether oxygens (including phenoxy) is 1. The number of hydrogen-bond donors (Lipinski definition) is 1. The summed E-state index contributed by atoms with van der Waals surface area (Å²) < 4.78 is 18.0. The van der Waals surface area contributed by atoms with Crippen molar-refractivity contribution in [1.29, 1.82) is 0 Å². The third kappa shape index (κ3) is 1.46. The molecule has 0 spiro atoms. The molecular weight excluding hydrogens is 213 g/mol. The lowest BCUT2D eigenvalue weighted by molar-refractivity contribution is 0.346. The van der Waals surface area contributed by atoms with E-state index in [2.05, 4.69) is 4.99 Å². The Bertz CT molecular complexity index is 476. The van der Waals surface area contributed by atoms with E-state index in [1.54, 1.807) is 0 Å². The Hall–Kier alpha value is -1.87. The molecule has 2 rings (SSSR count). The zero-order valence-corrected chi connectivity index (χ0v) is 8.66. The van der Waals surface area contributed by atoms with Gasteiger partial charge in [-0.1, -0.05) is 0 Å². The first-order chi connectivity index (χ1) is 7.64. The van der Waals surface area contributed by atoms with Gasteiger partial charge in [0.1, 0.15) is 5.54 Å². The molecule has 0 unspecified atom stereocenters. The van der Waals surface area contributed by atoms with Crippen molar-refractivity contribution in [1.82, 2.24) is 0 Å². The molecular formula is C11H10FNO3. The van der Waals surface area contributed by atoms with Crippen molar-refractivity contribution in [2.45, 2.75) is 18.4 Å². The summed E-state index contributed by atoms with van der Waals surface area (Å²) in [5, 5.41) is 9.82. The van der Waals surface area contributed by atoms with E-state index < -0.39 is 11.4 Å². The standard InChI is InChI=1S/C11H10FNO3/c1-16-10-8(12)3-2-7(9(10)15)11(4-5-11)13-6-14/h2-3,15H,4-5H2,1H3. The molecule has 0 atom stereocenters. The lowest BCUT2D eigenvalue weighted by Crippen LogP contribution is -2.04. The molecule has 0 amide bonds. The highest BCUT2D eigenvalue weighted by Crippen LogP contribution is 2.54. The Balaban J connectivity index is 2.55. The zero-order valence-electron chi connectivity index (χ0n) is 8.66. The minimum atomic E-state index is -0.729. The van der Waals surface area contributed by atoms with Crippen molar-refractivity contribution < 1.29 is 19.0 Å². The third-order valence-corrected chi connectivity index (χ3v) is 2.77. The topological polar surface area (TPSA) is 58.9 Å². The van der Waals surface area contributed by atoms with Crippen LogP contribution in [0, 0.1) is 5.82 Å². The second kappa shape index (κ2) is 3.61. The lowest BCUT2D eigenvalue weighted by Gasteiger charge is -2.13. The minimum Gasteiger partial charge on any atom is -0.504 e. The summed E-state index contributed by atoms with van der Waals surface area (Å²) in [5.41, 5.74) is -0.318. The molecule has 1 aromatic rings. The molecule has 0 heterocycles. The predicted molar refractivity (Wildman–Crippen MR) is 53.7 cm³/mol. The van der Waals surface area contributed by atoms with E-state index >= 15 is 0 Å². The van der Waals surface area contributed by atoms with Gasteiger partial charge in [0.05, 0.1) is 7.11 Å². The lowest BCUT2D eigenvalue weighted by atomic mass is 10.0. The van der Waals surface area contributed by atoms with Crippen molar-refractivity contribution in [2.24, 2.45) is 4.99 Å². The molecule has 0 saturated heterocycles. The fourth-order valence-corrected chi connectivity index (χ4v) is 1.76. The number of aromatic hydroxyl groups is 1. The van der Waals surface area contributed by atoms with Gasteiger partial charge in [-0.3, -0.25) is 0 Å². The van der Waals surface area contributed by atoms with Crippen molar-refractivity contribution in [3.05, 3.63) is 23.5 Å². The largest absolute Gasteiger partial charge is 0.504 e. The highest BCUT2D eigenvalue weighted by molar-refractivity contribution is 5.53. The Morgan fingerprint density at radius 2 is 2.25 bits per heavy atom. The van der Waals surface area contributed by atoms with Crippen LogP contribution in [0.1, 0.15) is 18.4 Å². The first-order valence-corrected chi connectivity index (χ1v) is 4.79. The van der Waals surface area contributed by atoms with Crippen molar-refractivity contribution in [3.63, 3.8) is 0 Å². The van der Waals surface area contributed by atoms with Crippen molar-refractivity contribution in [3.8, 4) is 11.5 Å². The van der Waals surface area contributed by atoms with Crippen LogP contribution < -0.4 is 4.74 Å². The van der Waals surface area contributed by atoms with Gasteiger partial charge in [-0.15, -0.1) is 0 Å². The maximum Gasteiger partial charge on any atom is 0.235 e. The first-order valence-electron chi connectivity index (χ1n) is 4.79. The van der Waals surface area contributed by atoms with Gasteiger partial charge in [0.2, 0.25) is 6.08 Å². The van der Waals surface area contributed by atoms with Crippen LogP contribution in [0.25, 0.3) is 0 Å². The summed E-state index contributed by atoms with van der Waals surface area (Å²) in [5.74, 6) is -1.15. The summed E-state index contributed by atoms with van der Waals surface area (Å²) in [4.78, 5) is 13.9. The average molecular weight is 223 g/mol. The molecule has 1 saturated carbocycles. The fourth-order valence-electron chi connectivity index (χ4n) is 1.76. The van der Waals surface area contributed by atoms with Crippen LogP contribution in [0.4, 0.5) is 4.39 Å². The number of benzene rings is 1. The number of hydrogen-bond acceptors (Lipinski definition) is 4. The highest BCUT2D eigenvalue weighted by Gasteiger charge is 2.47. The fraction of sp³-hybridized carbons (Fsp3) is 0.364. The maximum atomic E-state index is 13.2. The zero-order chi connectivity index (χ0) is 11.8. The van der Waals surface area contributed by atoms with Crippen LogP contribution >= 0.6 is 0 Å². The first kappa shape index (κ1) is 10.6. The van der Waals surface area contributed by atoms with Crippen LogP contribution in [-0.4, -0.2) is 18.3 Å². The number of methoxy groups -OCH3 is 1. The quantitative estimate of drug-likeness (QED) is 0.628. The molecule has 0 aliphatic heterocycles. The summed E-state index contributed by atoms with van der Waals surface area (Å²) in [6.07, 6.45) is 2.76. The van der Waals surface area contributed by atoms with Gasteiger partial charge in [0, 0.05) is 5.56 Å². The average Bonchev–Trinajstić information content (AvgIpc) is 3.00. The number of nitrogens with zero attached hydrogens (tertiary/aromatic N) is 1. The molecule has 84 valence electrons. The molecule has 4 nitrogen and oxygen atoms in total. The highest BCUT2D eigenvalue weighted by atomic mass is 19.1. The van der Waals surface area contributed by atoms with Crippen molar-refractivity contribution in [2.75, 3.05) is 7.11 Å². The van der Waals surface area contributed by atoms with Gasteiger partial charge < -0.3 is 9.84 Å². The molecule has 1 fully saturated rings. The van der Waals surface area contributed by atoms with Gasteiger partial charge in [0.25, 0.3) is 0 Å². The normalized spacial score (nSPS) is 16.4. The van der Waals surface area contributed by atoms with E-state index in [4.69, 9.17) is 4.74 Å². The molecule has 5 heteroatoms. The number of carbonyl (C=O) groups excluding carboxylic acids is 1. The second-order valence-corrected chi connectivity index (χ2v) is 3.71. The summed E-state index contributed by atoms with van der Waals surface area (Å²) in [7, 11) is 1.27. The Morgan fingerprint density at radius 1 is 1.56 bits per heavy atom. The van der Waals surface area contributed by atoms with Crippen LogP contribution in [-0.2, 0) is 10.3 Å². The molecule has 1 aliphatic rings. The molecule has 16 heavy (non-hydrogen) atoms. The van der Waals surface area contributed by atoms with Gasteiger partial charge in [0.15, 0.2) is 17.3 Å². The number of halogens is 1. The van der Waals surface area contributed by atoms with E-state index in [0.717, 1.165) is 0 Å². The number of phenols is 1. The van der Waals surface area contributed by atoms with E-state index in [-0.39, 0.29) is 11.5 Å². The third-order valence-electron chi connectivity index (χ3n) is 2.77. The van der Waals surface area contributed by atoms with E-state index in [1.807, 2.05) is 0 Å². The maximum absolute atomic E-state index is 13.2. The molecule has 1 aromatic carbocycles. The predicted octanol–water partition coefficient (Wildman–Crippen LogP) is 1.86. The van der Waals surface area contributed by atoms with Gasteiger partial charge in [-0.05, 0) is 25.0 Å². The smallest absolute Gasteiger partial charge is 0.235 e. The number of rotatable bonds is 3. The SMILES string of the molecule is COc1c(F)ccc(C2(N=C=O)CC2)c1O. The van der Waals surface area contributed by atoms with Crippen LogP contribution in [0.5, 0.6) is 11.5 Å². The molecule has 1 N–H and O–H groups in total. The Morgan fingerprint density at radius 3 is 2.75 bits per heavy atom. The van der Waals surface area contributed by atoms with E-state index in [0.29, 0.717) is 18.4 Å². The molecule has 1 aliphatic carbocycles. The minimum absolute atomic E-state index is 0.218. The van der Waals surface area contributed by atoms with Gasteiger partial charge >= 0.3 is 0 Å². The summed E-state index contributed by atoms with van der Waals surface area (Å²) in [6.45, 7) is 0. The molecule has 0 aromatic heterocycles. The van der Waals surface area contributed by atoms with E-state index in [1.165, 1.54) is 25.3 Å². The monoisotopic (exact) mass is 223 g/mol. The van der Waals surface area contributed by atoms with Crippen LogP contribution in [0.2, 0.25) is 0 Å². The number of isocyanates is 1. The Kier molecular flexibility index (Phi) is 2.40. The number of aliphatic imine (C=N–C) groups is 1. The second-order valence-electron chi connectivity index (χ2n) is 3.71. The molecule has 0 radical (unpaired) electrons. The van der Waals surface area contributed by atoms with Crippen molar-refractivity contribution >= 4 is 6.08 Å². The van der Waals surface area contributed by atoms with Crippen LogP contribution in [0.15, 0.2) is 17.1 Å². The van der Waals surface area contributed by atoms with Gasteiger partial charge in [-0.25, -0.2) is 9.18 Å². The number of phenolic OH excluding ortho intramolecular Hbond substituents is 1. The van der Waals surface area contributed by atoms with Gasteiger partial charge in [-0.2, -0.15) is 4.99 Å².